The number of nitrogens with zero attached hydrogens (tertiary/aromatic N) is 4. The number of imidazole rings is 1. The fourth-order valence-corrected chi connectivity index (χ4v) is 2.83. The number of benzene rings is 1. The number of nitrogens with one attached hydrogen (secondary N) is 1. The summed E-state index contributed by atoms with van der Waals surface area (Å²) in [6, 6.07) is 5.95. The van der Waals surface area contributed by atoms with Gasteiger partial charge in [-0.25, -0.2) is 4.98 Å². The summed E-state index contributed by atoms with van der Waals surface area (Å²) in [5.41, 5.74) is 2.32. The summed E-state index contributed by atoms with van der Waals surface area (Å²) in [6.45, 7) is 4.61. The van der Waals surface area contributed by atoms with Crippen molar-refractivity contribution in [3.63, 3.8) is 0 Å². The minimum atomic E-state index is 0.176. The normalized spacial score (nSPS) is 11.1. The van der Waals surface area contributed by atoms with Crippen molar-refractivity contribution >= 4 is 28.6 Å². The van der Waals surface area contributed by atoms with Crippen LogP contribution in [0.4, 0.5) is 5.82 Å². The van der Waals surface area contributed by atoms with Crippen LogP contribution in [0, 0.1) is 0 Å². The molecule has 8 heteroatoms. The molecule has 132 valence electrons. The van der Waals surface area contributed by atoms with Gasteiger partial charge in [0, 0.05) is 18.2 Å². The van der Waals surface area contributed by atoms with E-state index in [1.54, 1.807) is 20.5 Å². The van der Waals surface area contributed by atoms with Crippen LogP contribution in [0.1, 0.15) is 25.5 Å². The largest absolute Gasteiger partial charge is 0.493 e. The number of para-hydroxylation sites is 1. The molecule has 0 fully saturated rings. The Kier molecular flexibility index (Phi) is 4.94. The molecule has 2 aromatic heterocycles. The Hall–Kier alpha value is -2.54. The maximum absolute atomic E-state index is 6.10. The highest BCUT2D eigenvalue weighted by Crippen LogP contribution is 2.31. The molecule has 0 saturated carbocycles. The van der Waals surface area contributed by atoms with Crippen LogP contribution >= 0.6 is 11.6 Å². The Morgan fingerprint density at radius 2 is 2.00 bits per heavy atom. The van der Waals surface area contributed by atoms with Crippen molar-refractivity contribution in [1.82, 2.24) is 19.5 Å². The zero-order valence-electron chi connectivity index (χ0n) is 14.6. The number of ether oxygens (including phenoxy) is 2. The highest BCUT2D eigenvalue weighted by molar-refractivity contribution is 6.28. The number of methoxy groups -OCH3 is 2. The van der Waals surface area contributed by atoms with E-state index >= 15 is 0 Å². The number of hydrogen-bond acceptors (Lipinski definition) is 6. The quantitative estimate of drug-likeness (QED) is 0.675. The third-order valence-corrected chi connectivity index (χ3v) is 4.05. The first-order valence-electron chi connectivity index (χ1n) is 7.89. The van der Waals surface area contributed by atoms with Crippen molar-refractivity contribution in [1.29, 1.82) is 0 Å². The van der Waals surface area contributed by atoms with Crippen molar-refractivity contribution < 1.29 is 9.47 Å². The molecule has 1 aromatic carbocycles. The minimum Gasteiger partial charge on any atom is -0.493 e. The second-order valence-electron chi connectivity index (χ2n) is 5.77. The maximum atomic E-state index is 6.10. The van der Waals surface area contributed by atoms with Gasteiger partial charge in [-0.2, -0.15) is 9.97 Å². The van der Waals surface area contributed by atoms with Crippen LogP contribution in [0.3, 0.4) is 0 Å². The number of fused-ring (bicyclic) bond motifs is 1. The van der Waals surface area contributed by atoms with Gasteiger partial charge >= 0.3 is 0 Å². The predicted octanol–water partition coefficient (Wildman–Crippen LogP) is 3.69. The SMILES string of the molecule is COc1cccc(CNc2nc(Cl)nc3c2ncn3C(C)C)c1OC. The molecule has 0 aliphatic heterocycles. The van der Waals surface area contributed by atoms with E-state index in [4.69, 9.17) is 21.1 Å². The van der Waals surface area contributed by atoms with Gasteiger partial charge in [-0.05, 0) is 31.5 Å². The van der Waals surface area contributed by atoms with Crippen LogP contribution in [0.15, 0.2) is 24.5 Å². The van der Waals surface area contributed by atoms with Gasteiger partial charge in [0.1, 0.15) is 0 Å². The van der Waals surface area contributed by atoms with E-state index < -0.39 is 0 Å². The Labute approximate surface area is 151 Å². The number of anilines is 1. The number of aromatic nitrogens is 4. The second kappa shape index (κ2) is 7.14. The van der Waals surface area contributed by atoms with Crippen molar-refractivity contribution in [2.45, 2.75) is 26.4 Å². The van der Waals surface area contributed by atoms with Crippen molar-refractivity contribution in [2.75, 3.05) is 19.5 Å². The Balaban J connectivity index is 1.94. The summed E-state index contributed by atoms with van der Waals surface area (Å²) < 4.78 is 12.8. The Morgan fingerprint density at radius 1 is 1.20 bits per heavy atom. The lowest BCUT2D eigenvalue weighted by molar-refractivity contribution is 0.352. The van der Waals surface area contributed by atoms with Gasteiger partial charge in [-0.3, -0.25) is 0 Å². The predicted molar refractivity (Wildman–Crippen MR) is 97.6 cm³/mol. The molecular formula is C17H20ClN5O2. The highest BCUT2D eigenvalue weighted by Gasteiger charge is 2.15. The molecule has 0 unspecified atom stereocenters. The summed E-state index contributed by atoms with van der Waals surface area (Å²) >= 11 is 6.10. The molecule has 7 nitrogen and oxygen atoms in total. The van der Waals surface area contributed by atoms with E-state index in [1.165, 1.54) is 0 Å². The van der Waals surface area contributed by atoms with Gasteiger partial charge in [-0.15, -0.1) is 0 Å². The molecule has 0 radical (unpaired) electrons. The summed E-state index contributed by atoms with van der Waals surface area (Å²) in [5.74, 6) is 1.94. The van der Waals surface area contributed by atoms with Crippen LogP contribution in [0.5, 0.6) is 11.5 Å². The van der Waals surface area contributed by atoms with Crippen molar-refractivity contribution in [2.24, 2.45) is 0 Å². The Bertz CT molecular complexity index is 894. The number of hydrogen-bond donors (Lipinski definition) is 1. The molecule has 0 saturated heterocycles. The summed E-state index contributed by atoms with van der Waals surface area (Å²) in [7, 11) is 3.23. The molecule has 3 aromatic rings. The Morgan fingerprint density at radius 3 is 2.68 bits per heavy atom. The van der Waals surface area contributed by atoms with Crippen LogP contribution in [-0.2, 0) is 6.54 Å². The minimum absolute atomic E-state index is 0.176. The first-order chi connectivity index (χ1) is 12.0. The fourth-order valence-electron chi connectivity index (χ4n) is 2.66. The molecule has 0 aliphatic rings. The molecule has 0 spiro atoms. The summed E-state index contributed by atoms with van der Waals surface area (Å²) in [5, 5.41) is 3.45. The zero-order chi connectivity index (χ0) is 18.0. The van der Waals surface area contributed by atoms with Gasteiger partial charge in [0.15, 0.2) is 28.5 Å². The van der Waals surface area contributed by atoms with Gasteiger partial charge in [0.25, 0.3) is 0 Å². The number of halogens is 1. The van der Waals surface area contributed by atoms with Crippen LogP contribution in [0.25, 0.3) is 11.2 Å². The average Bonchev–Trinajstić information content (AvgIpc) is 3.03. The molecule has 0 bridgehead atoms. The lowest BCUT2D eigenvalue weighted by atomic mass is 10.2. The van der Waals surface area contributed by atoms with E-state index in [1.807, 2.05) is 22.8 Å². The van der Waals surface area contributed by atoms with E-state index in [0.717, 1.165) is 5.56 Å². The smallest absolute Gasteiger partial charge is 0.226 e. The first-order valence-corrected chi connectivity index (χ1v) is 8.26. The third kappa shape index (κ3) is 3.32. The van der Waals surface area contributed by atoms with Gasteiger partial charge in [0.05, 0.1) is 20.5 Å². The van der Waals surface area contributed by atoms with E-state index in [9.17, 15) is 0 Å². The number of rotatable bonds is 6. The summed E-state index contributed by atoms with van der Waals surface area (Å²) in [4.78, 5) is 13.0. The topological polar surface area (TPSA) is 74.1 Å². The molecule has 25 heavy (non-hydrogen) atoms. The molecule has 2 heterocycles. The standard InChI is InChI=1S/C17H20ClN5O2/c1-10(2)23-9-20-13-15(21-17(18)22-16(13)23)19-8-11-6-5-7-12(24-3)14(11)25-4/h5-7,9-10H,8H2,1-4H3,(H,19,21,22). The second-order valence-corrected chi connectivity index (χ2v) is 6.10. The molecule has 3 rings (SSSR count). The first kappa shape index (κ1) is 17.3. The molecular weight excluding hydrogens is 342 g/mol. The lowest BCUT2D eigenvalue weighted by Crippen LogP contribution is -2.06. The van der Waals surface area contributed by atoms with E-state index in [2.05, 4.69) is 34.1 Å². The van der Waals surface area contributed by atoms with Gasteiger partial charge < -0.3 is 19.4 Å². The average molecular weight is 362 g/mol. The molecule has 0 amide bonds. The van der Waals surface area contributed by atoms with Crippen LogP contribution in [-0.4, -0.2) is 33.7 Å². The monoisotopic (exact) mass is 361 g/mol. The van der Waals surface area contributed by atoms with Gasteiger partial charge in [0.2, 0.25) is 5.28 Å². The zero-order valence-corrected chi connectivity index (χ0v) is 15.3. The van der Waals surface area contributed by atoms with Crippen LogP contribution < -0.4 is 14.8 Å². The van der Waals surface area contributed by atoms with Crippen molar-refractivity contribution in [3.8, 4) is 11.5 Å². The molecule has 1 N–H and O–H groups in total. The lowest BCUT2D eigenvalue weighted by Gasteiger charge is -2.14. The molecule has 0 atom stereocenters. The fraction of sp³-hybridized carbons (Fsp3) is 0.353. The molecule has 0 aliphatic carbocycles. The van der Waals surface area contributed by atoms with E-state index in [0.29, 0.717) is 35.0 Å². The van der Waals surface area contributed by atoms with Gasteiger partial charge in [-0.1, -0.05) is 12.1 Å². The summed E-state index contributed by atoms with van der Waals surface area (Å²) in [6.07, 6.45) is 1.75. The van der Waals surface area contributed by atoms with Crippen molar-refractivity contribution in [3.05, 3.63) is 35.4 Å². The van der Waals surface area contributed by atoms with Crippen LogP contribution in [0.2, 0.25) is 5.28 Å². The third-order valence-electron chi connectivity index (χ3n) is 3.88. The maximum Gasteiger partial charge on any atom is 0.226 e. The highest BCUT2D eigenvalue weighted by atomic mass is 35.5. The van der Waals surface area contributed by atoms with E-state index in [-0.39, 0.29) is 11.3 Å².